The monoisotopic (exact) mass is 342 g/mol. The van der Waals surface area contributed by atoms with Crippen LogP contribution in [0, 0.1) is 11.8 Å². The van der Waals surface area contributed by atoms with Gasteiger partial charge >= 0.3 is 0 Å². The first kappa shape index (κ1) is 16.7. The summed E-state index contributed by atoms with van der Waals surface area (Å²) in [6.45, 7) is 5.40. The molecule has 0 bridgehead atoms. The zero-order valence-corrected chi connectivity index (χ0v) is 14.8. The fourth-order valence-corrected chi connectivity index (χ4v) is 3.80. The highest BCUT2D eigenvalue weighted by Gasteiger charge is 2.34. The van der Waals surface area contributed by atoms with Crippen molar-refractivity contribution >= 4 is 28.8 Å². The van der Waals surface area contributed by atoms with Crippen molar-refractivity contribution in [3.05, 3.63) is 41.8 Å². The van der Waals surface area contributed by atoms with Crippen LogP contribution in [-0.2, 0) is 9.59 Å². The van der Waals surface area contributed by atoms with Gasteiger partial charge in [0.25, 0.3) is 0 Å². The minimum absolute atomic E-state index is 0.0707. The zero-order valence-electron chi connectivity index (χ0n) is 14.0. The number of hydrogen-bond acceptors (Lipinski definition) is 3. The van der Waals surface area contributed by atoms with E-state index in [1.807, 2.05) is 41.8 Å². The molecule has 24 heavy (non-hydrogen) atoms. The summed E-state index contributed by atoms with van der Waals surface area (Å²) in [5, 5.41) is 5.05. The van der Waals surface area contributed by atoms with Gasteiger partial charge in [0, 0.05) is 35.6 Å². The Morgan fingerprint density at radius 1 is 1.29 bits per heavy atom. The summed E-state index contributed by atoms with van der Waals surface area (Å²) in [5.41, 5.74) is 1.82. The molecule has 2 heterocycles. The maximum Gasteiger partial charge on any atom is 0.229 e. The van der Waals surface area contributed by atoms with Crippen molar-refractivity contribution in [1.82, 2.24) is 4.90 Å². The smallest absolute Gasteiger partial charge is 0.229 e. The lowest BCUT2D eigenvalue weighted by Gasteiger charge is -2.19. The second-order valence-corrected chi connectivity index (χ2v) is 7.55. The summed E-state index contributed by atoms with van der Waals surface area (Å²) in [6.07, 6.45) is 0.305. The van der Waals surface area contributed by atoms with Crippen LogP contribution >= 0.6 is 11.3 Å². The molecule has 2 amide bonds. The molecule has 1 atom stereocenters. The van der Waals surface area contributed by atoms with E-state index in [4.69, 9.17) is 0 Å². The minimum atomic E-state index is -0.271. The second-order valence-electron chi connectivity index (χ2n) is 6.61. The van der Waals surface area contributed by atoms with Gasteiger partial charge in [0.15, 0.2) is 0 Å². The lowest BCUT2D eigenvalue weighted by Crippen LogP contribution is -2.31. The van der Waals surface area contributed by atoms with Gasteiger partial charge in [0.1, 0.15) is 0 Å². The fourth-order valence-electron chi connectivity index (χ4n) is 3.04. The molecular formula is C19H22N2O2S. The number of hydrogen-bond donors (Lipinski definition) is 1. The van der Waals surface area contributed by atoms with E-state index in [-0.39, 0.29) is 17.7 Å². The topological polar surface area (TPSA) is 49.4 Å². The van der Waals surface area contributed by atoms with E-state index in [1.165, 1.54) is 0 Å². The molecule has 1 fully saturated rings. The van der Waals surface area contributed by atoms with Crippen LogP contribution in [0.2, 0.25) is 0 Å². The molecule has 0 spiro atoms. The fraction of sp³-hybridized carbons (Fsp3) is 0.368. The predicted octanol–water partition coefficient (Wildman–Crippen LogP) is 3.86. The van der Waals surface area contributed by atoms with Crippen LogP contribution in [0.5, 0.6) is 0 Å². The highest BCUT2D eigenvalue weighted by Crippen LogP contribution is 2.32. The number of anilines is 1. The Morgan fingerprint density at radius 3 is 2.79 bits per heavy atom. The quantitative estimate of drug-likeness (QED) is 0.897. The molecular weight excluding hydrogens is 320 g/mol. The second kappa shape index (κ2) is 7.18. The van der Waals surface area contributed by atoms with Gasteiger partial charge in [-0.1, -0.05) is 38.1 Å². The number of para-hydroxylation sites is 1. The number of amides is 2. The van der Waals surface area contributed by atoms with Crippen LogP contribution < -0.4 is 5.32 Å². The molecule has 0 aliphatic carbocycles. The van der Waals surface area contributed by atoms with Crippen molar-refractivity contribution in [2.24, 2.45) is 11.8 Å². The maximum absolute atomic E-state index is 12.6. The van der Waals surface area contributed by atoms with E-state index in [0.29, 0.717) is 25.4 Å². The van der Waals surface area contributed by atoms with Gasteiger partial charge in [-0.05, 0) is 23.4 Å². The third kappa shape index (κ3) is 3.67. The number of nitrogens with one attached hydrogen (secondary N) is 1. The Kier molecular flexibility index (Phi) is 5.00. The summed E-state index contributed by atoms with van der Waals surface area (Å²) in [7, 11) is 0. The zero-order chi connectivity index (χ0) is 17.1. The van der Waals surface area contributed by atoms with Crippen molar-refractivity contribution in [1.29, 1.82) is 0 Å². The molecule has 1 saturated heterocycles. The van der Waals surface area contributed by atoms with E-state index >= 15 is 0 Å². The van der Waals surface area contributed by atoms with E-state index in [0.717, 1.165) is 16.1 Å². The lowest BCUT2D eigenvalue weighted by atomic mass is 10.1. The van der Waals surface area contributed by atoms with Gasteiger partial charge in [-0.2, -0.15) is 0 Å². The van der Waals surface area contributed by atoms with Crippen molar-refractivity contribution < 1.29 is 9.59 Å². The van der Waals surface area contributed by atoms with E-state index in [1.54, 1.807) is 16.2 Å². The normalized spacial score (nSPS) is 17.5. The Bertz CT molecular complexity index is 725. The third-order valence-corrected chi connectivity index (χ3v) is 5.05. The molecule has 1 aliphatic heterocycles. The Morgan fingerprint density at radius 2 is 2.08 bits per heavy atom. The summed E-state index contributed by atoms with van der Waals surface area (Å²) in [6, 6.07) is 11.8. The molecule has 1 N–H and O–H groups in total. The first-order valence-corrected chi connectivity index (χ1v) is 9.14. The number of carbonyl (C=O) groups is 2. The van der Waals surface area contributed by atoms with E-state index in [9.17, 15) is 9.59 Å². The van der Waals surface area contributed by atoms with Gasteiger partial charge in [-0.15, -0.1) is 11.3 Å². The lowest BCUT2D eigenvalue weighted by molar-refractivity contribution is -0.128. The Labute approximate surface area is 146 Å². The van der Waals surface area contributed by atoms with Crippen LogP contribution in [0.3, 0.4) is 0 Å². The summed E-state index contributed by atoms with van der Waals surface area (Å²) < 4.78 is 0. The van der Waals surface area contributed by atoms with Crippen LogP contribution in [0.15, 0.2) is 41.8 Å². The summed E-state index contributed by atoms with van der Waals surface area (Å²) >= 11 is 1.64. The highest BCUT2D eigenvalue weighted by atomic mass is 32.1. The molecule has 0 radical (unpaired) electrons. The van der Waals surface area contributed by atoms with Gasteiger partial charge in [-0.3, -0.25) is 9.59 Å². The molecule has 0 saturated carbocycles. The van der Waals surface area contributed by atoms with Gasteiger partial charge < -0.3 is 10.2 Å². The number of rotatable bonds is 5. The molecule has 1 aliphatic rings. The minimum Gasteiger partial charge on any atom is -0.342 e. The first-order valence-electron chi connectivity index (χ1n) is 8.26. The summed E-state index contributed by atoms with van der Waals surface area (Å²) in [4.78, 5) is 27.6. The molecule has 3 rings (SSSR count). The standard InChI is InChI=1S/C19H22N2O2S/c1-13(2)11-21-12-14(10-18(21)22)19(23)20-16-7-4-3-6-15(16)17-8-5-9-24-17/h3-9,13-14H,10-12H2,1-2H3,(H,20,23). The molecule has 1 aromatic heterocycles. The Balaban J connectivity index is 1.71. The van der Waals surface area contributed by atoms with Crippen molar-refractivity contribution in [3.63, 3.8) is 0 Å². The van der Waals surface area contributed by atoms with Crippen molar-refractivity contribution in [2.75, 3.05) is 18.4 Å². The maximum atomic E-state index is 12.6. The van der Waals surface area contributed by atoms with Crippen molar-refractivity contribution in [3.8, 4) is 10.4 Å². The molecule has 126 valence electrons. The number of likely N-dealkylation sites (tertiary alicyclic amines) is 1. The predicted molar refractivity (Wildman–Crippen MR) is 97.9 cm³/mol. The molecule has 2 aromatic rings. The van der Waals surface area contributed by atoms with Crippen molar-refractivity contribution in [2.45, 2.75) is 20.3 Å². The van der Waals surface area contributed by atoms with Gasteiger partial charge in [-0.25, -0.2) is 0 Å². The van der Waals surface area contributed by atoms with Crippen LogP contribution in [0.25, 0.3) is 10.4 Å². The third-order valence-electron chi connectivity index (χ3n) is 4.14. The van der Waals surface area contributed by atoms with E-state index in [2.05, 4.69) is 19.2 Å². The van der Waals surface area contributed by atoms with E-state index < -0.39 is 0 Å². The summed E-state index contributed by atoms with van der Waals surface area (Å²) in [5.74, 6) is 0.150. The molecule has 4 nitrogen and oxygen atoms in total. The number of carbonyl (C=O) groups excluding carboxylic acids is 2. The average Bonchev–Trinajstić information content (AvgIpc) is 3.18. The van der Waals surface area contributed by atoms with Crippen LogP contribution in [0.4, 0.5) is 5.69 Å². The van der Waals surface area contributed by atoms with Crippen LogP contribution in [0.1, 0.15) is 20.3 Å². The van der Waals surface area contributed by atoms with Crippen LogP contribution in [-0.4, -0.2) is 29.8 Å². The average molecular weight is 342 g/mol. The SMILES string of the molecule is CC(C)CN1CC(C(=O)Nc2ccccc2-c2cccs2)CC1=O. The first-order chi connectivity index (χ1) is 11.5. The largest absolute Gasteiger partial charge is 0.342 e. The van der Waals surface area contributed by atoms with Gasteiger partial charge in [0.2, 0.25) is 11.8 Å². The number of nitrogens with zero attached hydrogens (tertiary/aromatic N) is 1. The molecule has 1 unspecified atom stereocenters. The molecule has 5 heteroatoms. The molecule has 1 aromatic carbocycles. The number of benzene rings is 1. The van der Waals surface area contributed by atoms with Gasteiger partial charge in [0.05, 0.1) is 5.92 Å². The Hall–Kier alpha value is -2.14. The highest BCUT2D eigenvalue weighted by molar-refractivity contribution is 7.13. The number of thiophene rings is 1.